The minimum atomic E-state index is -4.09. The normalized spacial score (nSPS) is 10.1. The van der Waals surface area contributed by atoms with Crippen LogP contribution in [0.5, 0.6) is 0 Å². The fourth-order valence-electron chi connectivity index (χ4n) is 0. The van der Waals surface area contributed by atoms with Gasteiger partial charge in [0.2, 0.25) is 0 Å². The molecule has 0 radical (unpaired) electrons. The van der Waals surface area contributed by atoms with E-state index < -0.39 is 13.9 Å². The molecule has 0 fully saturated rings. The fourth-order valence-corrected chi connectivity index (χ4v) is 0. The van der Waals surface area contributed by atoms with Crippen LogP contribution in [0.25, 0.3) is 0 Å². The van der Waals surface area contributed by atoms with Gasteiger partial charge < -0.3 is 16.3 Å². The second-order valence-corrected chi connectivity index (χ2v) is 2.42. The van der Waals surface area contributed by atoms with Crippen molar-refractivity contribution in [2.24, 2.45) is 0 Å². The molecule has 0 unspecified atom stereocenters. The summed E-state index contributed by atoms with van der Waals surface area (Å²) in [6, 6.07) is 0. The van der Waals surface area contributed by atoms with Crippen LogP contribution in [0.1, 0.15) is 1.43 Å². The smallest absolute Gasteiger partial charge is 1.00 e. The minimum absolute atomic E-state index is 0. The quantitative estimate of drug-likeness (QED) is 0.266. The molecule has 0 saturated carbocycles. The molecule has 0 aromatic carbocycles. The van der Waals surface area contributed by atoms with E-state index in [1.807, 2.05) is 0 Å². The van der Waals surface area contributed by atoms with Gasteiger partial charge in [0, 0.05) is 0 Å². The molecule has 0 aliphatic carbocycles. The zero-order valence-corrected chi connectivity index (χ0v) is 7.92. The molecule has 7 heavy (non-hydrogen) atoms. The van der Waals surface area contributed by atoms with E-state index in [0.717, 1.165) is 0 Å². The molecular formula is CH6KO4P. The Balaban J connectivity index is -0.000000125. The standard InChI is InChI=1S/CH5O4P.K.H/c2-1-6(3,4)5;;/h2H,1H2,(H2,3,4,5);;/q;+1;-1. The Labute approximate surface area is 85.0 Å². The number of hydrogen-bond donors (Lipinski definition) is 3. The first-order chi connectivity index (χ1) is 2.56. The summed E-state index contributed by atoms with van der Waals surface area (Å²) in [5.74, 6) is 0. The first kappa shape index (κ1) is 11.5. The molecule has 0 aliphatic rings. The zero-order chi connectivity index (χ0) is 5.21. The number of rotatable bonds is 1. The van der Waals surface area contributed by atoms with E-state index in [4.69, 9.17) is 14.9 Å². The summed E-state index contributed by atoms with van der Waals surface area (Å²) in [7, 11) is -4.09. The maximum atomic E-state index is 9.44. The molecule has 0 amide bonds. The van der Waals surface area contributed by atoms with Gasteiger partial charge in [0.05, 0.1) is 0 Å². The van der Waals surface area contributed by atoms with Crippen LogP contribution < -0.4 is 51.4 Å². The Bertz CT molecular complexity index is 80.1. The number of aliphatic hydroxyl groups is 1. The average molecular weight is 152 g/mol. The molecule has 0 bridgehead atoms. The van der Waals surface area contributed by atoms with Crippen LogP contribution in [-0.4, -0.2) is 21.2 Å². The van der Waals surface area contributed by atoms with Crippen LogP contribution in [0.3, 0.4) is 0 Å². The van der Waals surface area contributed by atoms with Crippen LogP contribution in [0.15, 0.2) is 0 Å². The van der Waals surface area contributed by atoms with Gasteiger partial charge in [-0.15, -0.1) is 0 Å². The molecule has 4 nitrogen and oxygen atoms in total. The van der Waals surface area contributed by atoms with Crippen molar-refractivity contribution in [2.75, 3.05) is 6.35 Å². The van der Waals surface area contributed by atoms with E-state index >= 15 is 0 Å². The summed E-state index contributed by atoms with van der Waals surface area (Å²) in [6.07, 6.45) is -1.06. The second-order valence-electron chi connectivity index (χ2n) is 0.806. The van der Waals surface area contributed by atoms with E-state index in [1.54, 1.807) is 0 Å². The van der Waals surface area contributed by atoms with Gasteiger partial charge in [0.1, 0.15) is 6.35 Å². The molecule has 40 valence electrons. The molecule has 0 heterocycles. The molecular weight excluding hydrogens is 146 g/mol. The van der Waals surface area contributed by atoms with Crippen LogP contribution in [0.2, 0.25) is 0 Å². The van der Waals surface area contributed by atoms with E-state index in [9.17, 15) is 4.57 Å². The van der Waals surface area contributed by atoms with E-state index in [-0.39, 0.29) is 52.8 Å². The summed E-state index contributed by atoms with van der Waals surface area (Å²) in [5, 5.41) is 7.64. The maximum Gasteiger partial charge on any atom is 1.00 e. The monoisotopic (exact) mass is 152 g/mol. The SMILES string of the molecule is O=P(O)(O)CO.[H-].[K+]. The Kier molecular flexibility index (Phi) is 7.59. The van der Waals surface area contributed by atoms with Crippen LogP contribution >= 0.6 is 7.60 Å². The molecule has 0 spiro atoms. The molecule has 3 N–H and O–H groups in total. The van der Waals surface area contributed by atoms with Crippen molar-refractivity contribution < 1.29 is 72.3 Å². The van der Waals surface area contributed by atoms with Crippen molar-refractivity contribution in [1.82, 2.24) is 0 Å². The second kappa shape index (κ2) is 4.61. The summed E-state index contributed by atoms with van der Waals surface area (Å²) in [5.41, 5.74) is 0. The molecule has 0 aromatic rings. The Hall–Kier alpha value is 1.75. The fraction of sp³-hybridized carbons (Fsp3) is 1.00. The summed E-state index contributed by atoms with van der Waals surface area (Å²) >= 11 is 0. The zero-order valence-electron chi connectivity index (χ0n) is 4.90. The van der Waals surface area contributed by atoms with Crippen molar-refractivity contribution in [3.05, 3.63) is 0 Å². The van der Waals surface area contributed by atoms with E-state index in [1.165, 1.54) is 0 Å². The molecule has 0 rings (SSSR count). The third kappa shape index (κ3) is 11.4. The first-order valence-corrected chi connectivity index (χ1v) is 3.01. The van der Waals surface area contributed by atoms with Crippen molar-refractivity contribution in [1.29, 1.82) is 0 Å². The van der Waals surface area contributed by atoms with Gasteiger partial charge in [-0.25, -0.2) is 0 Å². The van der Waals surface area contributed by atoms with Gasteiger partial charge in [-0.3, -0.25) is 4.57 Å². The average Bonchev–Trinajstić information content (AvgIpc) is 1.35. The first-order valence-electron chi connectivity index (χ1n) is 1.22. The predicted molar refractivity (Wildman–Crippen MR) is 20.2 cm³/mol. The van der Waals surface area contributed by atoms with E-state index in [0.29, 0.717) is 0 Å². The van der Waals surface area contributed by atoms with E-state index in [2.05, 4.69) is 0 Å². The van der Waals surface area contributed by atoms with Crippen molar-refractivity contribution >= 4 is 7.60 Å². The van der Waals surface area contributed by atoms with Crippen molar-refractivity contribution in [3.8, 4) is 0 Å². The Morgan fingerprint density at radius 1 is 1.57 bits per heavy atom. The van der Waals surface area contributed by atoms with Crippen LogP contribution in [0, 0.1) is 0 Å². The van der Waals surface area contributed by atoms with Crippen molar-refractivity contribution in [2.45, 2.75) is 0 Å². The van der Waals surface area contributed by atoms with Gasteiger partial charge in [-0.05, 0) is 0 Å². The van der Waals surface area contributed by atoms with Gasteiger partial charge in [-0.1, -0.05) is 0 Å². The third-order valence-corrected chi connectivity index (χ3v) is 0.553. The largest absolute Gasteiger partial charge is 1.00 e. The van der Waals surface area contributed by atoms with Crippen LogP contribution in [0.4, 0.5) is 0 Å². The molecule has 0 saturated heterocycles. The topological polar surface area (TPSA) is 77.8 Å². The molecule has 0 atom stereocenters. The van der Waals surface area contributed by atoms with Gasteiger partial charge in [-0.2, -0.15) is 0 Å². The minimum Gasteiger partial charge on any atom is -1.00 e. The van der Waals surface area contributed by atoms with Gasteiger partial charge in [0.25, 0.3) is 0 Å². The predicted octanol–water partition coefficient (Wildman–Crippen LogP) is -3.77. The summed E-state index contributed by atoms with van der Waals surface area (Å²) < 4.78 is 9.44. The third-order valence-electron chi connectivity index (χ3n) is 0.184. The Morgan fingerprint density at radius 2 is 1.71 bits per heavy atom. The number of aliphatic hydroxyl groups excluding tert-OH is 1. The van der Waals surface area contributed by atoms with Gasteiger partial charge in [0.15, 0.2) is 0 Å². The maximum absolute atomic E-state index is 9.44. The Morgan fingerprint density at radius 3 is 1.71 bits per heavy atom. The summed E-state index contributed by atoms with van der Waals surface area (Å²) in [6.45, 7) is 0. The van der Waals surface area contributed by atoms with Crippen molar-refractivity contribution in [3.63, 3.8) is 0 Å². The molecule has 6 heteroatoms. The van der Waals surface area contributed by atoms with Crippen LogP contribution in [-0.2, 0) is 4.57 Å². The molecule has 0 aliphatic heterocycles. The number of hydrogen-bond acceptors (Lipinski definition) is 2. The molecule has 0 aromatic heterocycles. The van der Waals surface area contributed by atoms with Gasteiger partial charge >= 0.3 is 59.0 Å². The summed E-state index contributed by atoms with van der Waals surface area (Å²) in [4.78, 5) is 15.4.